The van der Waals surface area contributed by atoms with Crippen LogP contribution in [0, 0.1) is 0 Å². The zero-order valence-corrected chi connectivity index (χ0v) is 16.7. The number of nitrogens with one attached hydrogen (secondary N) is 2. The molecular formula is C21H22ClN3O4. The van der Waals surface area contributed by atoms with E-state index in [4.69, 9.17) is 21.1 Å². The number of nitrogens with zero attached hydrogens (tertiary/aromatic N) is 1. The second-order valence-electron chi connectivity index (χ2n) is 6.48. The molecule has 2 aromatic rings. The fraction of sp³-hybridized carbons (Fsp3) is 0.286. The van der Waals surface area contributed by atoms with Crippen LogP contribution in [0.15, 0.2) is 53.5 Å². The van der Waals surface area contributed by atoms with Gasteiger partial charge in [-0.25, -0.2) is 9.79 Å². The van der Waals surface area contributed by atoms with Gasteiger partial charge in [0.05, 0.1) is 25.3 Å². The van der Waals surface area contributed by atoms with Crippen molar-refractivity contribution in [3.63, 3.8) is 0 Å². The van der Waals surface area contributed by atoms with Gasteiger partial charge < -0.3 is 14.8 Å². The number of rotatable bonds is 5. The van der Waals surface area contributed by atoms with Crippen LogP contribution in [0.1, 0.15) is 33.6 Å². The van der Waals surface area contributed by atoms with Gasteiger partial charge >= 0.3 is 5.97 Å². The first-order chi connectivity index (χ1) is 14.0. The summed E-state index contributed by atoms with van der Waals surface area (Å²) in [5, 5.41) is 6.38. The van der Waals surface area contributed by atoms with Crippen LogP contribution in [0.3, 0.4) is 0 Å². The number of hydrogen-bond acceptors (Lipinski definition) is 5. The largest absolute Gasteiger partial charge is 0.465 e. The van der Waals surface area contributed by atoms with Crippen molar-refractivity contribution < 1.29 is 19.1 Å². The Morgan fingerprint density at radius 3 is 2.69 bits per heavy atom. The lowest BCUT2D eigenvalue weighted by molar-refractivity contribution is 0.0600. The molecule has 1 heterocycles. The molecule has 1 atom stereocenters. The molecular weight excluding hydrogens is 394 g/mol. The van der Waals surface area contributed by atoms with Crippen molar-refractivity contribution in [2.24, 2.45) is 4.99 Å². The number of carbonyl (C=O) groups is 2. The molecule has 1 aliphatic rings. The Morgan fingerprint density at radius 1 is 1.21 bits per heavy atom. The summed E-state index contributed by atoms with van der Waals surface area (Å²) >= 11 is 5.88. The average Bonchev–Trinajstić information content (AvgIpc) is 3.25. The van der Waals surface area contributed by atoms with Crippen molar-refractivity contribution in [3.05, 3.63) is 64.7 Å². The number of guanidine groups is 1. The van der Waals surface area contributed by atoms with E-state index in [2.05, 4.69) is 15.6 Å². The summed E-state index contributed by atoms with van der Waals surface area (Å²) in [5.74, 6) is -0.511. The number of benzene rings is 2. The van der Waals surface area contributed by atoms with Gasteiger partial charge in [0.2, 0.25) is 5.96 Å². The molecule has 0 spiro atoms. The zero-order chi connectivity index (χ0) is 20.6. The van der Waals surface area contributed by atoms with Crippen molar-refractivity contribution in [1.82, 2.24) is 5.32 Å². The Kier molecular flexibility index (Phi) is 7.21. The second-order valence-corrected chi connectivity index (χ2v) is 6.92. The molecule has 152 valence electrons. The van der Waals surface area contributed by atoms with Gasteiger partial charge in [0, 0.05) is 22.9 Å². The first-order valence-corrected chi connectivity index (χ1v) is 9.61. The molecule has 1 aliphatic heterocycles. The molecule has 2 N–H and O–H groups in total. The van der Waals surface area contributed by atoms with Crippen LogP contribution in [0.2, 0.25) is 5.02 Å². The summed E-state index contributed by atoms with van der Waals surface area (Å²) in [6.07, 6.45) is 1.96. The van der Waals surface area contributed by atoms with Gasteiger partial charge in [0.1, 0.15) is 0 Å². The van der Waals surface area contributed by atoms with Gasteiger partial charge in [-0.1, -0.05) is 17.7 Å². The average molecular weight is 416 g/mol. The Morgan fingerprint density at radius 2 is 2.00 bits per heavy atom. The lowest BCUT2D eigenvalue weighted by Gasteiger charge is -2.14. The Labute approximate surface area is 174 Å². The van der Waals surface area contributed by atoms with Gasteiger partial charge in [0.25, 0.3) is 5.91 Å². The summed E-state index contributed by atoms with van der Waals surface area (Å²) < 4.78 is 10.3. The van der Waals surface area contributed by atoms with Crippen LogP contribution in [0.5, 0.6) is 0 Å². The molecule has 1 saturated heterocycles. The van der Waals surface area contributed by atoms with E-state index in [0.29, 0.717) is 28.4 Å². The fourth-order valence-corrected chi connectivity index (χ4v) is 2.98. The summed E-state index contributed by atoms with van der Waals surface area (Å²) in [7, 11) is 1.32. The third-order valence-electron chi connectivity index (χ3n) is 4.36. The van der Waals surface area contributed by atoms with Crippen LogP contribution in [-0.4, -0.2) is 44.2 Å². The van der Waals surface area contributed by atoms with Gasteiger partial charge in [-0.2, -0.15) is 0 Å². The maximum atomic E-state index is 12.6. The molecule has 3 rings (SSSR count). The number of hydrogen-bond donors (Lipinski definition) is 2. The van der Waals surface area contributed by atoms with Crippen LogP contribution in [0.4, 0.5) is 5.69 Å². The molecule has 0 aliphatic carbocycles. The van der Waals surface area contributed by atoms with Crippen LogP contribution >= 0.6 is 11.6 Å². The number of methoxy groups -OCH3 is 1. The van der Waals surface area contributed by atoms with Crippen molar-refractivity contribution in [2.45, 2.75) is 18.9 Å². The maximum Gasteiger partial charge on any atom is 0.337 e. The van der Waals surface area contributed by atoms with E-state index in [0.717, 1.165) is 19.4 Å². The van der Waals surface area contributed by atoms with E-state index < -0.39 is 5.97 Å². The first-order valence-electron chi connectivity index (χ1n) is 9.23. The normalized spacial score (nSPS) is 16.3. The minimum Gasteiger partial charge on any atom is -0.465 e. The maximum absolute atomic E-state index is 12.6. The molecule has 1 unspecified atom stereocenters. The predicted molar refractivity (Wildman–Crippen MR) is 112 cm³/mol. The standard InChI is InChI=1S/C21H22ClN3O4/c1-28-20(27)15-4-2-5-17(12-15)24-21(23-13-18-6-3-11-29-18)25-19(26)14-7-9-16(22)10-8-14/h2,4-5,7-10,12,18H,3,6,11,13H2,1H3,(H2,23,24,25,26). The summed E-state index contributed by atoms with van der Waals surface area (Å²) in [6.45, 7) is 1.14. The summed E-state index contributed by atoms with van der Waals surface area (Å²) in [5.41, 5.74) is 1.43. The molecule has 7 nitrogen and oxygen atoms in total. The summed E-state index contributed by atoms with van der Waals surface area (Å²) in [6, 6.07) is 13.3. The molecule has 0 bridgehead atoms. The van der Waals surface area contributed by atoms with Gasteiger partial charge in [0.15, 0.2) is 0 Å². The highest BCUT2D eigenvalue weighted by Crippen LogP contribution is 2.14. The number of amides is 1. The number of aliphatic imine (C=N–C) groups is 1. The number of ether oxygens (including phenoxy) is 2. The lowest BCUT2D eigenvalue weighted by Crippen LogP contribution is -2.36. The fourth-order valence-electron chi connectivity index (χ4n) is 2.85. The Hall–Kier alpha value is -2.90. The number of anilines is 1. The Bertz CT molecular complexity index is 893. The highest BCUT2D eigenvalue weighted by atomic mass is 35.5. The minimum absolute atomic E-state index is 0.0284. The first kappa shape index (κ1) is 20.8. The molecule has 8 heteroatoms. The van der Waals surface area contributed by atoms with Crippen LogP contribution < -0.4 is 10.6 Å². The minimum atomic E-state index is -0.448. The number of esters is 1. The van der Waals surface area contributed by atoms with Crippen molar-refractivity contribution in [1.29, 1.82) is 0 Å². The van der Waals surface area contributed by atoms with Gasteiger partial charge in [-0.3, -0.25) is 10.1 Å². The molecule has 1 fully saturated rings. The zero-order valence-electron chi connectivity index (χ0n) is 16.0. The van der Waals surface area contributed by atoms with Gasteiger partial charge in [-0.15, -0.1) is 0 Å². The van der Waals surface area contributed by atoms with E-state index in [1.54, 1.807) is 48.5 Å². The second kappa shape index (κ2) is 10.0. The molecule has 2 aromatic carbocycles. The van der Waals surface area contributed by atoms with E-state index in [1.807, 2.05) is 0 Å². The monoisotopic (exact) mass is 415 g/mol. The SMILES string of the molecule is COC(=O)c1cccc(NC(=NCC2CCCO2)NC(=O)c2ccc(Cl)cc2)c1. The number of carbonyl (C=O) groups excluding carboxylic acids is 2. The van der Waals surface area contributed by atoms with E-state index >= 15 is 0 Å². The summed E-state index contributed by atoms with van der Waals surface area (Å²) in [4.78, 5) is 28.8. The van der Waals surface area contributed by atoms with Crippen LogP contribution in [0.25, 0.3) is 0 Å². The lowest BCUT2D eigenvalue weighted by atomic mass is 10.2. The molecule has 29 heavy (non-hydrogen) atoms. The van der Waals surface area contributed by atoms with E-state index in [9.17, 15) is 9.59 Å². The predicted octanol–water partition coefficient (Wildman–Crippen LogP) is 3.50. The number of halogens is 1. The highest BCUT2D eigenvalue weighted by molar-refractivity contribution is 6.30. The van der Waals surface area contributed by atoms with Crippen LogP contribution in [-0.2, 0) is 9.47 Å². The Balaban J connectivity index is 1.77. The molecule has 0 radical (unpaired) electrons. The van der Waals surface area contributed by atoms with Gasteiger partial charge in [-0.05, 0) is 55.3 Å². The molecule has 1 amide bonds. The quantitative estimate of drug-likeness (QED) is 0.443. The van der Waals surface area contributed by atoms with Crippen molar-refractivity contribution >= 4 is 35.1 Å². The van der Waals surface area contributed by atoms with Crippen molar-refractivity contribution in [3.8, 4) is 0 Å². The smallest absolute Gasteiger partial charge is 0.337 e. The molecule has 0 saturated carbocycles. The topological polar surface area (TPSA) is 89.0 Å². The van der Waals surface area contributed by atoms with Crippen molar-refractivity contribution in [2.75, 3.05) is 25.6 Å². The third kappa shape index (κ3) is 6.04. The van der Waals surface area contributed by atoms with E-state index in [1.165, 1.54) is 7.11 Å². The van der Waals surface area contributed by atoms with E-state index in [-0.39, 0.29) is 18.0 Å². The third-order valence-corrected chi connectivity index (χ3v) is 4.61. The highest BCUT2D eigenvalue weighted by Gasteiger charge is 2.16. The molecule has 0 aromatic heterocycles.